The molecule has 0 spiro atoms. The number of carbonyl (C=O) groups excluding carboxylic acids is 2. The summed E-state index contributed by atoms with van der Waals surface area (Å²) in [7, 11) is 0. The second-order valence-electron chi connectivity index (χ2n) is 5.92. The Morgan fingerprint density at radius 3 is 2.41 bits per heavy atom. The predicted octanol–water partition coefficient (Wildman–Crippen LogP) is 4.64. The number of para-hydroxylation sites is 1. The number of fused-ring (bicyclic) bond motifs is 1. The maximum absolute atomic E-state index is 12.0. The summed E-state index contributed by atoms with van der Waals surface area (Å²) < 4.78 is 0. The topological polar surface area (TPSA) is 100 Å². The monoisotopic (exact) mass is 376 g/mol. The second-order valence-corrected chi connectivity index (χ2v) is 6.87. The van der Waals surface area contributed by atoms with Crippen LogP contribution in [0.15, 0.2) is 66.0 Å². The Kier molecular flexibility index (Phi) is 4.35. The molecule has 2 heterocycles. The van der Waals surface area contributed by atoms with Crippen molar-refractivity contribution in [3.05, 3.63) is 71.7 Å². The van der Waals surface area contributed by atoms with Crippen molar-refractivity contribution in [2.24, 2.45) is 5.73 Å². The molecule has 134 valence electrons. The van der Waals surface area contributed by atoms with Gasteiger partial charge >= 0.3 is 6.03 Å². The third kappa shape index (κ3) is 3.40. The summed E-state index contributed by atoms with van der Waals surface area (Å²) in [5.41, 5.74) is 9.00. The number of aromatic nitrogens is 1. The lowest BCUT2D eigenvalue weighted by Gasteiger charge is -2.08. The van der Waals surface area contributed by atoms with E-state index in [4.69, 9.17) is 5.73 Å². The van der Waals surface area contributed by atoms with Gasteiger partial charge in [0.05, 0.1) is 5.00 Å². The summed E-state index contributed by atoms with van der Waals surface area (Å²) in [6, 6.07) is 18.3. The van der Waals surface area contributed by atoms with E-state index in [1.54, 1.807) is 12.1 Å². The molecule has 2 aromatic heterocycles. The highest BCUT2D eigenvalue weighted by Crippen LogP contribution is 2.33. The third-order valence-electron chi connectivity index (χ3n) is 4.14. The Hall–Kier alpha value is -3.58. The van der Waals surface area contributed by atoms with E-state index < -0.39 is 5.91 Å². The fourth-order valence-electron chi connectivity index (χ4n) is 2.97. The first-order valence-electron chi connectivity index (χ1n) is 8.24. The number of urea groups is 1. The molecule has 0 bridgehead atoms. The van der Waals surface area contributed by atoms with Crippen molar-refractivity contribution in [2.75, 3.05) is 10.6 Å². The van der Waals surface area contributed by atoms with Gasteiger partial charge in [0, 0.05) is 22.2 Å². The van der Waals surface area contributed by atoms with Crippen molar-refractivity contribution in [1.82, 2.24) is 4.98 Å². The number of primary amides is 1. The van der Waals surface area contributed by atoms with Gasteiger partial charge in [0.25, 0.3) is 5.91 Å². The number of nitrogens with one attached hydrogen (secondary N) is 3. The minimum absolute atomic E-state index is 0.310. The number of H-pyrrole nitrogens is 1. The zero-order chi connectivity index (χ0) is 18.8. The summed E-state index contributed by atoms with van der Waals surface area (Å²) in [6.07, 6.45) is 0. The zero-order valence-corrected chi connectivity index (χ0v) is 15.0. The number of hydrogen-bond donors (Lipinski definition) is 4. The van der Waals surface area contributed by atoms with Crippen LogP contribution in [0.5, 0.6) is 0 Å². The van der Waals surface area contributed by atoms with E-state index in [2.05, 4.69) is 15.6 Å². The van der Waals surface area contributed by atoms with Gasteiger partial charge in [0.2, 0.25) is 0 Å². The van der Waals surface area contributed by atoms with E-state index in [-0.39, 0.29) is 6.03 Å². The molecule has 5 N–H and O–H groups in total. The van der Waals surface area contributed by atoms with Crippen LogP contribution >= 0.6 is 11.3 Å². The SMILES string of the molecule is NC(=O)c1[nH]c2ccccc2c1-c1ccc(NC(=O)Nc2cccs2)cc1. The van der Waals surface area contributed by atoms with Crippen LogP contribution in [-0.4, -0.2) is 16.9 Å². The van der Waals surface area contributed by atoms with Gasteiger partial charge < -0.3 is 16.0 Å². The molecular weight excluding hydrogens is 360 g/mol. The fraction of sp³-hybridized carbons (Fsp3) is 0. The van der Waals surface area contributed by atoms with E-state index in [9.17, 15) is 9.59 Å². The number of benzene rings is 2. The lowest BCUT2D eigenvalue weighted by atomic mass is 10.0. The van der Waals surface area contributed by atoms with E-state index >= 15 is 0 Å². The van der Waals surface area contributed by atoms with E-state index in [0.29, 0.717) is 11.4 Å². The maximum Gasteiger partial charge on any atom is 0.324 e. The Morgan fingerprint density at radius 1 is 0.926 bits per heavy atom. The molecule has 0 saturated carbocycles. The van der Waals surface area contributed by atoms with Crippen LogP contribution in [0.4, 0.5) is 15.5 Å². The molecule has 3 amide bonds. The van der Waals surface area contributed by atoms with Gasteiger partial charge in [-0.25, -0.2) is 4.79 Å². The highest BCUT2D eigenvalue weighted by molar-refractivity contribution is 7.14. The number of carbonyl (C=O) groups is 2. The zero-order valence-electron chi connectivity index (χ0n) is 14.2. The minimum atomic E-state index is -0.515. The molecule has 0 unspecified atom stereocenters. The number of amides is 3. The quantitative estimate of drug-likeness (QED) is 0.417. The van der Waals surface area contributed by atoms with Gasteiger partial charge in [0.15, 0.2) is 0 Å². The van der Waals surface area contributed by atoms with Crippen molar-refractivity contribution in [3.8, 4) is 11.1 Å². The molecule has 7 heteroatoms. The smallest absolute Gasteiger partial charge is 0.324 e. The Labute approximate surface area is 159 Å². The lowest BCUT2D eigenvalue weighted by molar-refractivity contribution is 0.0997. The highest BCUT2D eigenvalue weighted by Gasteiger charge is 2.17. The number of hydrogen-bond acceptors (Lipinski definition) is 3. The maximum atomic E-state index is 12.0. The fourth-order valence-corrected chi connectivity index (χ4v) is 3.58. The molecule has 0 radical (unpaired) electrons. The molecule has 0 atom stereocenters. The number of aromatic amines is 1. The summed E-state index contributed by atoms with van der Waals surface area (Å²) in [6.45, 7) is 0. The summed E-state index contributed by atoms with van der Waals surface area (Å²) in [4.78, 5) is 27.0. The van der Waals surface area contributed by atoms with Crippen LogP contribution in [0.3, 0.4) is 0 Å². The highest BCUT2D eigenvalue weighted by atomic mass is 32.1. The third-order valence-corrected chi connectivity index (χ3v) is 4.93. The number of thiophene rings is 1. The van der Waals surface area contributed by atoms with Crippen LogP contribution in [0, 0.1) is 0 Å². The number of rotatable bonds is 4. The first-order valence-corrected chi connectivity index (χ1v) is 9.12. The van der Waals surface area contributed by atoms with Crippen LogP contribution in [0.25, 0.3) is 22.0 Å². The van der Waals surface area contributed by atoms with Crippen LogP contribution in [0.2, 0.25) is 0 Å². The molecule has 2 aromatic carbocycles. The van der Waals surface area contributed by atoms with E-state index in [0.717, 1.165) is 27.0 Å². The standard InChI is InChI=1S/C20H16N4O2S/c21-19(25)18-17(14-4-1-2-5-15(14)23-18)12-7-9-13(10-8-12)22-20(26)24-16-6-3-11-27-16/h1-11,23H,(H2,21,25)(H2,22,24,26). The Balaban J connectivity index is 1.61. The predicted molar refractivity (Wildman–Crippen MR) is 109 cm³/mol. The Bertz CT molecular complexity index is 1110. The molecule has 4 aromatic rings. The van der Waals surface area contributed by atoms with Gasteiger partial charge in [-0.05, 0) is 41.3 Å². The summed E-state index contributed by atoms with van der Waals surface area (Å²) in [5.74, 6) is -0.515. The molecule has 27 heavy (non-hydrogen) atoms. The molecular formula is C20H16N4O2S. The van der Waals surface area contributed by atoms with Crippen LogP contribution < -0.4 is 16.4 Å². The lowest BCUT2D eigenvalue weighted by Crippen LogP contribution is -2.18. The van der Waals surface area contributed by atoms with Crippen molar-refractivity contribution in [3.63, 3.8) is 0 Å². The number of anilines is 2. The van der Waals surface area contributed by atoms with Gasteiger partial charge in [-0.15, -0.1) is 11.3 Å². The van der Waals surface area contributed by atoms with Gasteiger partial charge in [-0.2, -0.15) is 0 Å². The van der Waals surface area contributed by atoms with E-state index in [1.165, 1.54) is 11.3 Å². The minimum Gasteiger partial charge on any atom is -0.364 e. The van der Waals surface area contributed by atoms with Gasteiger partial charge in [0.1, 0.15) is 5.69 Å². The largest absolute Gasteiger partial charge is 0.364 e. The summed E-state index contributed by atoms with van der Waals surface area (Å²) in [5, 5.41) is 9.13. The van der Waals surface area contributed by atoms with Crippen molar-refractivity contribution in [2.45, 2.75) is 0 Å². The average Bonchev–Trinajstić information content (AvgIpc) is 3.30. The van der Waals surface area contributed by atoms with Crippen LogP contribution in [-0.2, 0) is 0 Å². The van der Waals surface area contributed by atoms with Gasteiger partial charge in [-0.1, -0.05) is 30.3 Å². The van der Waals surface area contributed by atoms with Crippen molar-refractivity contribution >= 4 is 44.9 Å². The first kappa shape index (κ1) is 16.9. The summed E-state index contributed by atoms with van der Waals surface area (Å²) >= 11 is 1.45. The Morgan fingerprint density at radius 2 is 1.70 bits per heavy atom. The second kappa shape index (κ2) is 6.97. The molecule has 6 nitrogen and oxygen atoms in total. The normalized spacial score (nSPS) is 10.7. The van der Waals surface area contributed by atoms with Gasteiger partial charge in [-0.3, -0.25) is 10.1 Å². The van der Waals surface area contributed by atoms with Crippen molar-refractivity contribution in [1.29, 1.82) is 0 Å². The molecule has 0 aliphatic carbocycles. The molecule has 0 aliphatic heterocycles. The molecule has 4 rings (SSSR count). The van der Waals surface area contributed by atoms with Crippen LogP contribution in [0.1, 0.15) is 10.5 Å². The van der Waals surface area contributed by atoms with E-state index in [1.807, 2.05) is 53.9 Å². The molecule has 0 fully saturated rings. The first-order chi connectivity index (χ1) is 13.1. The molecule has 0 aliphatic rings. The van der Waals surface area contributed by atoms with Crippen molar-refractivity contribution < 1.29 is 9.59 Å². The number of nitrogens with two attached hydrogens (primary N) is 1. The average molecular weight is 376 g/mol. The molecule has 0 saturated heterocycles.